The molecular weight excluding hydrogens is 302 g/mol. The summed E-state index contributed by atoms with van der Waals surface area (Å²) in [5.74, 6) is 1.31. The molecule has 1 fully saturated rings. The maximum atomic E-state index is 12.4. The minimum absolute atomic E-state index is 0. The van der Waals surface area contributed by atoms with Gasteiger partial charge in [0, 0.05) is 38.4 Å². The maximum absolute atomic E-state index is 12.4. The van der Waals surface area contributed by atoms with E-state index in [1.54, 1.807) is 18.3 Å². The second kappa shape index (κ2) is 7.77. The number of nitrogens with zero attached hydrogens (tertiary/aromatic N) is 2. The summed E-state index contributed by atoms with van der Waals surface area (Å²) in [4.78, 5) is 18.4. The van der Waals surface area contributed by atoms with E-state index < -0.39 is 0 Å². The summed E-state index contributed by atoms with van der Waals surface area (Å²) in [5.41, 5.74) is 0.422. The Bertz CT molecular complexity index is 616. The zero-order chi connectivity index (χ0) is 14.5. The van der Waals surface area contributed by atoms with Crippen molar-refractivity contribution in [1.82, 2.24) is 15.2 Å². The Labute approximate surface area is 135 Å². The van der Waals surface area contributed by atoms with Gasteiger partial charge in [-0.25, -0.2) is 0 Å². The molecule has 0 atom stereocenters. The van der Waals surface area contributed by atoms with Crippen molar-refractivity contribution in [1.29, 1.82) is 0 Å². The Balaban J connectivity index is 0.00000176. The summed E-state index contributed by atoms with van der Waals surface area (Å²) in [7, 11) is 0. The van der Waals surface area contributed by atoms with Crippen LogP contribution in [0.25, 0.3) is 0 Å². The van der Waals surface area contributed by atoms with Crippen LogP contribution >= 0.6 is 12.4 Å². The molecule has 0 bridgehead atoms. The Hall–Kier alpha value is -2.11. The summed E-state index contributed by atoms with van der Waals surface area (Å²) in [6, 6.07) is 12.9. The molecule has 0 saturated carbocycles. The van der Waals surface area contributed by atoms with Gasteiger partial charge in [0.1, 0.15) is 17.2 Å². The minimum atomic E-state index is -0.0463. The zero-order valence-electron chi connectivity index (χ0n) is 12.1. The number of nitrogens with one attached hydrogen (secondary N) is 1. The lowest BCUT2D eigenvalue weighted by Gasteiger charge is -2.27. The predicted molar refractivity (Wildman–Crippen MR) is 86.8 cm³/mol. The van der Waals surface area contributed by atoms with Crippen LogP contribution in [0.2, 0.25) is 0 Å². The molecule has 1 aliphatic heterocycles. The van der Waals surface area contributed by atoms with Crippen LogP contribution in [0.15, 0.2) is 48.7 Å². The van der Waals surface area contributed by atoms with Crippen LogP contribution in [-0.2, 0) is 0 Å². The van der Waals surface area contributed by atoms with E-state index in [1.807, 2.05) is 35.2 Å². The van der Waals surface area contributed by atoms with E-state index in [1.165, 1.54) is 0 Å². The average Bonchev–Trinajstić information content (AvgIpc) is 2.56. The van der Waals surface area contributed by atoms with E-state index in [0.29, 0.717) is 24.5 Å². The molecule has 0 aliphatic carbocycles. The number of rotatable bonds is 3. The first-order chi connectivity index (χ1) is 10.3. The fraction of sp³-hybridized carbons (Fsp3) is 0.250. The Kier molecular flexibility index (Phi) is 5.75. The fourth-order valence-electron chi connectivity index (χ4n) is 2.25. The van der Waals surface area contributed by atoms with Gasteiger partial charge in [-0.15, -0.1) is 12.4 Å². The summed E-state index contributed by atoms with van der Waals surface area (Å²) < 4.78 is 5.73. The van der Waals surface area contributed by atoms with Crippen molar-refractivity contribution in [3.8, 4) is 11.5 Å². The average molecular weight is 320 g/mol. The lowest BCUT2D eigenvalue weighted by Crippen LogP contribution is -2.46. The monoisotopic (exact) mass is 319 g/mol. The number of aromatic nitrogens is 1. The van der Waals surface area contributed by atoms with E-state index >= 15 is 0 Å². The fourth-order valence-corrected chi connectivity index (χ4v) is 2.25. The number of hydrogen-bond acceptors (Lipinski definition) is 4. The number of carbonyl (C=O) groups excluding carboxylic acids is 1. The van der Waals surface area contributed by atoms with Crippen LogP contribution < -0.4 is 10.1 Å². The first-order valence-electron chi connectivity index (χ1n) is 7.02. The van der Waals surface area contributed by atoms with Gasteiger partial charge in [0.2, 0.25) is 0 Å². The van der Waals surface area contributed by atoms with Crippen LogP contribution in [0, 0.1) is 0 Å². The molecule has 2 aromatic rings. The van der Waals surface area contributed by atoms with Gasteiger partial charge >= 0.3 is 0 Å². The van der Waals surface area contributed by atoms with Crippen LogP contribution in [-0.4, -0.2) is 42.0 Å². The largest absolute Gasteiger partial charge is 0.457 e. The van der Waals surface area contributed by atoms with E-state index in [0.717, 1.165) is 18.8 Å². The van der Waals surface area contributed by atoms with Crippen molar-refractivity contribution in [3.63, 3.8) is 0 Å². The van der Waals surface area contributed by atoms with E-state index in [2.05, 4.69) is 10.3 Å². The molecule has 2 heterocycles. The molecule has 0 radical (unpaired) electrons. The molecule has 3 rings (SSSR count). The standard InChI is InChI=1S/C16H17N3O2.ClH/c20-16(19-10-8-17-9-11-19)15-12-14(6-7-18-15)21-13-4-2-1-3-5-13;/h1-7,12,17H,8-11H2;1H. The topological polar surface area (TPSA) is 54.5 Å². The molecule has 5 nitrogen and oxygen atoms in total. The highest BCUT2D eigenvalue weighted by Gasteiger charge is 2.19. The Morgan fingerprint density at radius 1 is 1.09 bits per heavy atom. The first kappa shape index (κ1) is 16.3. The van der Waals surface area contributed by atoms with Crippen LogP contribution in [0.4, 0.5) is 0 Å². The zero-order valence-corrected chi connectivity index (χ0v) is 12.9. The van der Waals surface area contributed by atoms with Gasteiger partial charge in [-0.05, 0) is 18.2 Å². The summed E-state index contributed by atoms with van der Waals surface area (Å²) >= 11 is 0. The molecule has 0 spiro atoms. The number of para-hydroxylation sites is 1. The predicted octanol–water partition coefficient (Wildman–Crippen LogP) is 2.34. The molecule has 1 aromatic carbocycles. The van der Waals surface area contributed by atoms with Crippen molar-refractivity contribution in [2.24, 2.45) is 0 Å². The van der Waals surface area contributed by atoms with Crippen LogP contribution in [0.5, 0.6) is 11.5 Å². The Morgan fingerprint density at radius 3 is 2.55 bits per heavy atom. The third kappa shape index (κ3) is 3.96. The molecule has 1 N–H and O–H groups in total. The van der Waals surface area contributed by atoms with E-state index in [4.69, 9.17) is 4.74 Å². The SMILES string of the molecule is Cl.O=C(c1cc(Oc2ccccc2)ccn1)N1CCNCC1. The number of ether oxygens (including phenoxy) is 1. The van der Waals surface area contributed by atoms with Crippen molar-refractivity contribution >= 4 is 18.3 Å². The van der Waals surface area contributed by atoms with Gasteiger partial charge in [0.25, 0.3) is 5.91 Å². The van der Waals surface area contributed by atoms with Crippen LogP contribution in [0.3, 0.4) is 0 Å². The Morgan fingerprint density at radius 2 is 1.82 bits per heavy atom. The van der Waals surface area contributed by atoms with Gasteiger partial charge in [-0.2, -0.15) is 0 Å². The van der Waals surface area contributed by atoms with Crippen LogP contribution in [0.1, 0.15) is 10.5 Å². The van der Waals surface area contributed by atoms with Crippen molar-refractivity contribution in [2.75, 3.05) is 26.2 Å². The third-order valence-electron chi connectivity index (χ3n) is 3.33. The summed E-state index contributed by atoms with van der Waals surface area (Å²) in [5, 5.41) is 3.23. The molecule has 1 aliphatic rings. The number of hydrogen-bond donors (Lipinski definition) is 1. The molecule has 0 unspecified atom stereocenters. The number of halogens is 1. The molecule has 6 heteroatoms. The number of benzene rings is 1. The highest BCUT2D eigenvalue weighted by molar-refractivity contribution is 5.92. The van der Waals surface area contributed by atoms with E-state index in [9.17, 15) is 4.79 Å². The highest BCUT2D eigenvalue weighted by atomic mass is 35.5. The summed E-state index contributed by atoms with van der Waals surface area (Å²) in [6.07, 6.45) is 1.60. The van der Waals surface area contributed by atoms with Gasteiger partial charge in [-0.3, -0.25) is 9.78 Å². The van der Waals surface area contributed by atoms with E-state index in [-0.39, 0.29) is 18.3 Å². The first-order valence-corrected chi connectivity index (χ1v) is 7.02. The molecule has 116 valence electrons. The quantitative estimate of drug-likeness (QED) is 0.943. The van der Waals surface area contributed by atoms with Crippen molar-refractivity contribution in [3.05, 3.63) is 54.4 Å². The molecule has 1 amide bonds. The smallest absolute Gasteiger partial charge is 0.272 e. The number of piperazine rings is 1. The number of pyridine rings is 1. The minimum Gasteiger partial charge on any atom is -0.457 e. The molecular formula is C16H18ClN3O2. The molecule has 22 heavy (non-hydrogen) atoms. The lowest BCUT2D eigenvalue weighted by atomic mass is 10.2. The second-order valence-electron chi connectivity index (χ2n) is 4.83. The van der Waals surface area contributed by atoms with Crippen molar-refractivity contribution < 1.29 is 9.53 Å². The molecule has 1 saturated heterocycles. The van der Waals surface area contributed by atoms with Gasteiger partial charge in [0.15, 0.2) is 0 Å². The third-order valence-corrected chi connectivity index (χ3v) is 3.33. The number of carbonyl (C=O) groups is 1. The molecule has 1 aromatic heterocycles. The second-order valence-corrected chi connectivity index (χ2v) is 4.83. The maximum Gasteiger partial charge on any atom is 0.272 e. The van der Waals surface area contributed by atoms with Gasteiger partial charge < -0.3 is 15.0 Å². The lowest BCUT2D eigenvalue weighted by molar-refractivity contribution is 0.0729. The van der Waals surface area contributed by atoms with Crippen molar-refractivity contribution in [2.45, 2.75) is 0 Å². The number of amides is 1. The summed E-state index contributed by atoms with van der Waals surface area (Å²) in [6.45, 7) is 3.08. The highest BCUT2D eigenvalue weighted by Crippen LogP contribution is 2.21. The van der Waals surface area contributed by atoms with Gasteiger partial charge in [0.05, 0.1) is 0 Å². The normalized spacial score (nSPS) is 14.1. The van der Waals surface area contributed by atoms with Gasteiger partial charge in [-0.1, -0.05) is 18.2 Å².